The molecule has 1 unspecified atom stereocenters. The van der Waals surface area contributed by atoms with Crippen molar-refractivity contribution in [1.82, 2.24) is 4.57 Å². The average molecular weight is 415 g/mol. The van der Waals surface area contributed by atoms with E-state index < -0.39 is 5.97 Å². The summed E-state index contributed by atoms with van der Waals surface area (Å²) in [5, 5.41) is 20.1. The molecule has 1 aromatic heterocycles. The number of carbonyl (C=O) groups is 1. The lowest BCUT2D eigenvalue weighted by Gasteiger charge is -2.24. The molecule has 0 saturated heterocycles. The Morgan fingerprint density at radius 1 is 1.16 bits per heavy atom. The van der Waals surface area contributed by atoms with Crippen molar-refractivity contribution in [2.45, 2.75) is 64.8 Å². The molecule has 1 heterocycles. The third-order valence-electron chi connectivity index (χ3n) is 6.71. The van der Waals surface area contributed by atoms with Gasteiger partial charge < -0.3 is 9.67 Å². The molecule has 0 fully saturated rings. The van der Waals surface area contributed by atoms with Gasteiger partial charge in [-0.2, -0.15) is 5.26 Å². The number of unbranched alkanes of at least 4 members (excludes halogenated alkanes) is 3. The Labute approximate surface area is 184 Å². The minimum Gasteiger partial charge on any atom is -0.478 e. The van der Waals surface area contributed by atoms with Crippen molar-refractivity contribution in [2.75, 3.05) is 0 Å². The van der Waals surface area contributed by atoms with E-state index in [1.807, 2.05) is 30.3 Å². The summed E-state index contributed by atoms with van der Waals surface area (Å²) in [5.41, 5.74) is 5.58. The maximum atomic E-state index is 12.0. The standard InChI is InChI=1S/C27H30N2O2/c1-2-3-4-5-7-19-14-15-22-23-8-6-9-24(27(30)31)26(23)29(25(22)16-19)18-21-12-10-20(17-28)11-13-21/h6,8-13,19H,2-5,7,14-16,18H2,1H3,(H,30,31). The van der Waals surface area contributed by atoms with Gasteiger partial charge in [0, 0.05) is 17.6 Å². The average Bonchev–Trinajstić information content (AvgIpc) is 3.10. The third kappa shape index (κ3) is 4.37. The van der Waals surface area contributed by atoms with E-state index in [9.17, 15) is 9.90 Å². The maximum absolute atomic E-state index is 12.0. The molecule has 0 bridgehead atoms. The van der Waals surface area contributed by atoms with E-state index in [0.29, 0.717) is 23.6 Å². The van der Waals surface area contributed by atoms with Gasteiger partial charge in [0.2, 0.25) is 0 Å². The van der Waals surface area contributed by atoms with Crippen LogP contribution in [0.5, 0.6) is 0 Å². The highest BCUT2D eigenvalue weighted by molar-refractivity contribution is 6.04. The number of carboxylic acid groups (broad SMARTS) is 1. The summed E-state index contributed by atoms with van der Waals surface area (Å²) in [5.74, 6) is -0.209. The highest BCUT2D eigenvalue weighted by Crippen LogP contribution is 2.37. The van der Waals surface area contributed by atoms with Crippen LogP contribution in [-0.4, -0.2) is 15.6 Å². The predicted molar refractivity (Wildman–Crippen MR) is 123 cm³/mol. The minimum atomic E-state index is -0.877. The fourth-order valence-electron chi connectivity index (χ4n) is 5.09. The second-order valence-corrected chi connectivity index (χ2v) is 8.79. The van der Waals surface area contributed by atoms with E-state index in [2.05, 4.69) is 23.6 Å². The van der Waals surface area contributed by atoms with E-state index in [1.165, 1.54) is 49.8 Å². The Morgan fingerprint density at radius 2 is 1.97 bits per heavy atom. The van der Waals surface area contributed by atoms with E-state index in [4.69, 9.17) is 5.26 Å². The van der Waals surface area contributed by atoms with Gasteiger partial charge in [-0.25, -0.2) is 4.79 Å². The second kappa shape index (κ2) is 9.39. The smallest absolute Gasteiger partial charge is 0.337 e. The largest absolute Gasteiger partial charge is 0.478 e. The molecule has 1 aliphatic rings. The van der Waals surface area contributed by atoms with Gasteiger partial charge in [0.15, 0.2) is 0 Å². The Hall–Kier alpha value is -3.06. The molecule has 1 N–H and O–H groups in total. The summed E-state index contributed by atoms with van der Waals surface area (Å²) in [6, 6.07) is 15.5. The van der Waals surface area contributed by atoms with Gasteiger partial charge in [-0.15, -0.1) is 0 Å². The molecule has 0 amide bonds. The number of hydrogen-bond acceptors (Lipinski definition) is 2. The van der Waals surface area contributed by atoms with Crippen LogP contribution < -0.4 is 0 Å². The monoisotopic (exact) mass is 414 g/mol. The number of aromatic carboxylic acids is 1. The summed E-state index contributed by atoms with van der Waals surface area (Å²) in [4.78, 5) is 12.0. The second-order valence-electron chi connectivity index (χ2n) is 8.79. The zero-order valence-corrected chi connectivity index (χ0v) is 18.2. The molecule has 1 aliphatic carbocycles. The molecular formula is C27H30N2O2. The molecular weight excluding hydrogens is 384 g/mol. The van der Waals surface area contributed by atoms with E-state index >= 15 is 0 Å². The van der Waals surface area contributed by atoms with Crippen LogP contribution >= 0.6 is 0 Å². The maximum Gasteiger partial charge on any atom is 0.337 e. The lowest BCUT2D eigenvalue weighted by molar-refractivity contribution is 0.0698. The van der Waals surface area contributed by atoms with Crippen molar-refractivity contribution < 1.29 is 9.90 Å². The Kier molecular flexibility index (Phi) is 6.42. The number of aryl methyl sites for hydroxylation is 1. The number of nitriles is 1. The summed E-state index contributed by atoms with van der Waals surface area (Å²) >= 11 is 0. The summed E-state index contributed by atoms with van der Waals surface area (Å²) in [7, 11) is 0. The first-order valence-corrected chi connectivity index (χ1v) is 11.5. The summed E-state index contributed by atoms with van der Waals surface area (Å²) in [6.45, 7) is 2.87. The highest BCUT2D eigenvalue weighted by Gasteiger charge is 2.27. The van der Waals surface area contributed by atoms with Gasteiger partial charge in [0.25, 0.3) is 0 Å². The van der Waals surface area contributed by atoms with Crippen molar-refractivity contribution in [1.29, 1.82) is 5.26 Å². The van der Waals surface area contributed by atoms with Crippen molar-refractivity contribution in [3.05, 3.63) is 70.4 Å². The number of benzene rings is 2. The molecule has 2 aromatic carbocycles. The molecule has 31 heavy (non-hydrogen) atoms. The molecule has 0 spiro atoms. The quantitative estimate of drug-likeness (QED) is 0.438. The van der Waals surface area contributed by atoms with Crippen LogP contribution in [0.15, 0.2) is 42.5 Å². The molecule has 4 heteroatoms. The zero-order chi connectivity index (χ0) is 21.8. The number of hydrogen-bond donors (Lipinski definition) is 1. The summed E-state index contributed by atoms with van der Waals surface area (Å²) < 4.78 is 2.24. The molecule has 1 atom stereocenters. The van der Waals surface area contributed by atoms with Crippen LogP contribution in [-0.2, 0) is 19.4 Å². The normalized spacial score (nSPS) is 15.5. The molecule has 0 aliphatic heterocycles. The van der Waals surface area contributed by atoms with Gasteiger partial charge in [-0.1, -0.05) is 63.3 Å². The first kappa shape index (κ1) is 21.2. The highest BCUT2D eigenvalue weighted by atomic mass is 16.4. The lowest BCUT2D eigenvalue weighted by Crippen LogP contribution is -2.17. The molecule has 4 rings (SSSR count). The number of rotatable bonds is 8. The van der Waals surface area contributed by atoms with E-state index in [0.717, 1.165) is 29.3 Å². The van der Waals surface area contributed by atoms with Gasteiger partial charge in [-0.3, -0.25) is 0 Å². The van der Waals surface area contributed by atoms with Crippen LogP contribution in [0.4, 0.5) is 0 Å². The molecule has 0 radical (unpaired) electrons. The zero-order valence-electron chi connectivity index (χ0n) is 18.2. The number of fused-ring (bicyclic) bond motifs is 3. The predicted octanol–water partition coefficient (Wildman–Crippen LogP) is 6.33. The lowest BCUT2D eigenvalue weighted by atomic mass is 9.83. The fourth-order valence-corrected chi connectivity index (χ4v) is 5.09. The SMILES string of the molecule is CCCCCCC1CCc2c(n(Cc3ccc(C#N)cc3)c3c(C(=O)O)cccc23)C1. The number of aromatic nitrogens is 1. The van der Waals surface area contributed by atoms with Crippen LogP contribution in [0.1, 0.15) is 78.2 Å². The summed E-state index contributed by atoms with van der Waals surface area (Å²) in [6.07, 6.45) is 9.63. The Bertz CT molecular complexity index is 1120. The number of para-hydroxylation sites is 1. The number of nitrogens with zero attached hydrogens (tertiary/aromatic N) is 2. The van der Waals surface area contributed by atoms with Crippen molar-refractivity contribution in [3.8, 4) is 6.07 Å². The van der Waals surface area contributed by atoms with Crippen molar-refractivity contribution in [3.63, 3.8) is 0 Å². The molecule has 0 saturated carbocycles. The third-order valence-corrected chi connectivity index (χ3v) is 6.71. The Morgan fingerprint density at radius 3 is 2.68 bits per heavy atom. The van der Waals surface area contributed by atoms with E-state index in [-0.39, 0.29) is 0 Å². The van der Waals surface area contributed by atoms with Crippen molar-refractivity contribution in [2.24, 2.45) is 5.92 Å². The molecule has 4 nitrogen and oxygen atoms in total. The van der Waals surface area contributed by atoms with Gasteiger partial charge >= 0.3 is 5.97 Å². The fraction of sp³-hybridized carbons (Fsp3) is 0.407. The van der Waals surface area contributed by atoms with Crippen LogP contribution in [0.2, 0.25) is 0 Å². The van der Waals surface area contributed by atoms with Gasteiger partial charge in [0.1, 0.15) is 0 Å². The molecule has 3 aromatic rings. The van der Waals surface area contributed by atoms with Crippen LogP contribution in [0.25, 0.3) is 10.9 Å². The number of carboxylic acids is 1. The Balaban J connectivity index is 1.73. The van der Waals surface area contributed by atoms with Crippen molar-refractivity contribution >= 4 is 16.9 Å². The van der Waals surface area contributed by atoms with Gasteiger partial charge in [0.05, 0.1) is 22.7 Å². The van der Waals surface area contributed by atoms with E-state index in [1.54, 1.807) is 6.07 Å². The van der Waals surface area contributed by atoms with Gasteiger partial charge in [-0.05, 0) is 54.5 Å². The van der Waals surface area contributed by atoms with Crippen LogP contribution in [0.3, 0.4) is 0 Å². The first-order valence-electron chi connectivity index (χ1n) is 11.5. The first-order chi connectivity index (χ1) is 15.1. The topological polar surface area (TPSA) is 66.0 Å². The molecule has 160 valence electrons. The van der Waals surface area contributed by atoms with Crippen LogP contribution in [0, 0.1) is 17.2 Å². The minimum absolute atomic E-state index is 0.375.